The number of benzene rings is 1. The zero-order valence-electron chi connectivity index (χ0n) is 12.7. The van der Waals surface area contributed by atoms with Gasteiger partial charge in [-0.25, -0.2) is 4.98 Å². The minimum atomic E-state index is 0.0491. The lowest BCUT2D eigenvalue weighted by Gasteiger charge is -2.21. The molecule has 2 N–H and O–H groups in total. The van der Waals surface area contributed by atoms with Crippen LogP contribution in [0.1, 0.15) is 35.5 Å². The van der Waals surface area contributed by atoms with Gasteiger partial charge in [-0.1, -0.05) is 29.8 Å². The molecule has 0 unspecified atom stereocenters. The number of nitrogens with zero attached hydrogens (tertiary/aromatic N) is 2. The van der Waals surface area contributed by atoms with Crippen LogP contribution in [0.25, 0.3) is 5.57 Å². The molecule has 1 aromatic carbocycles. The molecule has 3 heterocycles. The van der Waals surface area contributed by atoms with Crippen LogP contribution < -0.4 is 5.32 Å². The van der Waals surface area contributed by atoms with Gasteiger partial charge < -0.3 is 15.0 Å². The first-order valence-corrected chi connectivity index (χ1v) is 8.05. The maximum Gasteiger partial charge on any atom is 0.140 e. The highest BCUT2D eigenvalue weighted by Crippen LogP contribution is 2.35. The summed E-state index contributed by atoms with van der Waals surface area (Å²) in [4.78, 5) is 4.67. The van der Waals surface area contributed by atoms with Gasteiger partial charge in [0.15, 0.2) is 0 Å². The molecule has 0 amide bonds. The first-order chi connectivity index (χ1) is 10.9. The maximum atomic E-state index is 9.60. The number of aromatic nitrogens is 2. The highest BCUT2D eigenvalue weighted by Gasteiger charge is 2.24. The van der Waals surface area contributed by atoms with E-state index in [-0.39, 0.29) is 6.61 Å². The minimum Gasteiger partial charge on any atom is -0.390 e. The van der Waals surface area contributed by atoms with E-state index in [0.29, 0.717) is 0 Å². The van der Waals surface area contributed by atoms with Crippen LogP contribution in [-0.2, 0) is 19.6 Å². The van der Waals surface area contributed by atoms with Crippen molar-refractivity contribution < 1.29 is 5.11 Å². The molecule has 4 heteroatoms. The van der Waals surface area contributed by atoms with Crippen LogP contribution in [0.4, 0.5) is 0 Å². The average molecular weight is 295 g/mol. The van der Waals surface area contributed by atoms with E-state index in [1.165, 1.54) is 22.3 Å². The van der Waals surface area contributed by atoms with Crippen LogP contribution in [0, 0.1) is 0 Å². The van der Waals surface area contributed by atoms with Crippen LogP contribution in [0.3, 0.4) is 0 Å². The largest absolute Gasteiger partial charge is 0.390 e. The second-order valence-electron chi connectivity index (χ2n) is 6.02. The number of aliphatic hydroxyl groups excluding tert-OH is 1. The molecular formula is C18H21N3O. The van der Waals surface area contributed by atoms with E-state index < -0.39 is 0 Å². The van der Waals surface area contributed by atoms with Crippen molar-refractivity contribution in [2.75, 3.05) is 13.1 Å². The number of hydrogen-bond donors (Lipinski definition) is 2. The SMILES string of the molecule is OCc1cnc2n1CCc1ccccc1C2=C1CCNCC1. The standard InChI is InChI=1S/C18H21N3O/c22-12-15-11-20-18-17(14-5-8-19-9-6-14)16-4-2-1-3-13(16)7-10-21(15)18/h1-4,11,19,22H,5-10,12H2. The van der Waals surface area contributed by atoms with Gasteiger partial charge in [-0.15, -0.1) is 0 Å². The van der Waals surface area contributed by atoms with Gasteiger partial charge >= 0.3 is 0 Å². The Kier molecular flexibility index (Phi) is 3.56. The van der Waals surface area contributed by atoms with Gasteiger partial charge in [0.1, 0.15) is 5.82 Å². The van der Waals surface area contributed by atoms with Crippen molar-refractivity contribution in [3.8, 4) is 0 Å². The summed E-state index contributed by atoms with van der Waals surface area (Å²) in [6, 6.07) is 8.68. The molecule has 0 bridgehead atoms. The van der Waals surface area contributed by atoms with Crippen LogP contribution >= 0.6 is 0 Å². The summed E-state index contributed by atoms with van der Waals surface area (Å²) >= 11 is 0. The molecule has 1 saturated heterocycles. The number of nitrogens with one attached hydrogen (secondary N) is 1. The summed E-state index contributed by atoms with van der Waals surface area (Å²) in [7, 11) is 0. The van der Waals surface area contributed by atoms with E-state index in [2.05, 4.69) is 39.1 Å². The van der Waals surface area contributed by atoms with E-state index in [1.807, 2.05) is 6.20 Å². The molecule has 4 nitrogen and oxygen atoms in total. The Morgan fingerprint density at radius 1 is 1.14 bits per heavy atom. The van der Waals surface area contributed by atoms with Crippen molar-refractivity contribution in [1.82, 2.24) is 14.9 Å². The smallest absolute Gasteiger partial charge is 0.140 e. The van der Waals surface area contributed by atoms with Crippen molar-refractivity contribution in [3.63, 3.8) is 0 Å². The molecule has 0 spiro atoms. The second kappa shape index (κ2) is 5.71. The quantitative estimate of drug-likeness (QED) is 0.847. The highest BCUT2D eigenvalue weighted by molar-refractivity contribution is 5.81. The van der Waals surface area contributed by atoms with E-state index in [9.17, 15) is 5.11 Å². The first kappa shape index (κ1) is 13.7. The summed E-state index contributed by atoms with van der Waals surface area (Å²) in [5.41, 5.74) is 6.42. The van der Waals surface area contributed by atoms with Crippen LogP contribution in [0.15, 0.2) is 36.0 Å². The predicted octanol–water partition coefficient (Wildman–Crippen LogP) is 2.12. The Labute approximate surface area is 130 Å². The van der Waals surface area contributed by atoms with Crippen molar-refractivity contribution in [2.24, 2.45) is 0 Å². The monoisotopic (exact) mass is 295 g/mol. The molecule has 0 atom stereocenters. The summed E-state index contributed by atoms with van der Waals surface area (Å²) in [5.74, 6) is 1.03. The van der Waals surface area contributed by atoms with Crippen LogP contribution in [-0.4, -0.2) is 27.7 Å². The van der Waals surface area contributed by atoms with Gasteiger partial charge in [-0.3, -0.25) is 0 Å². The Bertz CT molecular complexity index is 722. The Balaban J connectivity index is 1.96. The fourth-order valence-corrected chi connectivity index (χ4v) is 3.65. The lowest BCUT2D eigenvalue weighted by molar-refractivity contribution is 0.270. The number of rotatable bonds is 1. The molecule has 1 aromatic heterocycles. The third kappa shape index (κ3) is 2.19. The third-order valence-electron chi connectivity index (χ3n) is 4.78. The second-order valence-corrected chi connectivity index (χ2v) is 6.02. The van der Waals surface area contributed by atoms with Gasteiger partial charge in [0.05, 0.1) is 18.5 Å². The number of hydrogen-bond acceptors (Lipinski definition) is 3. The molecule has 4 rings (SSSR count). The third-order valence-corrected chi connectivity index (χ3v) is 4.78. The van der Waals surface area contributed by atoms with Crippen molar-refractivity contribution in [3.05, 3.63) is 58.7 Å². The summed E-state index contributed by atoms with van der Waals surface area (Å²) < 4.78 is 2.20. The topological polar surface area (TPSA) is 50.1 Å². The number of piperidine rings is 1. The van der Waals surface area contributed by atoms with Crippen LogP contribution in [0.2, 0.25) is 0 Å². The molecule has 22 heavy (non-hydrogen) atoms. The zero-order valence-corrected chi connectivity index (χ0v) is 12.7. The number of aryl methyl sites for hydroxylation is 1. The number of imidazole rings is 1. The highest BCUT2D eigenvalue weighted by atomic mass is 16.3. The molecule has 0 aliphatic carbocycles. The Hall–Kier alpha value is -1.91. The molecule has 0 saturated carbocycles. The molecular weight excluding hydrogens is 274 g/mol. The van der Waals surface area contributed by atoms with E-state index in [0.717, 1.165) is 50.4 Å². The molecule has 2 aliphatic rings. The molecule has 1 fully saturated rings. The van der Waals surface area contributed by atoms with Gasteiger partial charge in [-0.05, 0) is 43.5 Å². The lowest BCUT2D eigenvalue weighted by Crippen LogP contribution is -2.24. The molecule has 0 radical (unpaired) electrons. The zero-order chi connectivity index (χ0) is 14.9. The van der Waals surface area contributed by atoms with Gasteiger partial charge in [-0.2, -0.15) is 0 Å². The van der Waals surface area contributed by atoms with Crippen molar-refractivity contribution in [1.29, 1.82) is 0 Å². The van der Waals surface area contributed by atoms with Gasteiger partial charge in [0, 0.05) is 12.1 Å². The minimum absolute atomic E-state index is 0.0491. The summed E-state index contributed by atoms with van der Waals surface area (Å²) in [6.07, 6.45) is 4.96. The van der Waals surface area contributed by atoms with E-state index >= 15 is 0 Å². The van der Waals surface area contributed by atoms with Crippen molar-refractivity contribution in [2.45, 2.75) is 32.4 Å². The Morgan fingerprint density at radius 3 is 2.77 bits per heavy atom. The van der Waals surface area contributed by atoms with Crippen molar-refractivity contribution >= 4 is 5.57 Å². The lowest BCUT2D eigenvalue weighted by atomic mass is 9.90. The molecule has 114 valence electrons. The maximum absolute atomic E-state index is 9.60. The average Bonchev–Trinajstić information content (AvgIpc) is 2.90. The normalized spacial score (nSPS) is 17.9. The molecule has 2 aliphatic heterocycles. The Morgan fingerprint density at radius 2 is 1.95 bits per heavy atom. The van der Waals surface area contributed by atoms with Gasteiger partial charge in [0.25, 0.3) is 0 Å². The first-order valence-electron chi connectivity index (χ1n) is 8.05. The fraction of sp³-hybridized carbons (Fsp3) is 0.389. The van der Waals surface area contributed by atoms with E-state index in [1.54, 1.807) is 0 Å². The molecule has 2 aromatic rings. The predicted molar refractivity (Wildman–Crippen MR) is 86.4 cm³/mol. The number of fused-ring (bicyclic) bond motifs is 2. The number of aliphatic hydroxyl groups is 1. The fourth-order valence-electron chi connectivity index (χ4n) is 3.65. The van der Waals surface area contributed by atoms with E-state index in [4.69, 9.17) is 0 Å². The summed E-state index contributed by atoms with van der Waals surface area (Å²) in [5, 5.41) is 13.0. The van der Waals surface area contributed by atoms with Gasteiger partial charge in [0.2, 0.25) is 0 Å². The summed E-state index contributed by atoms with van der Waals surface area (Å²) in [6.45, 7) is 3.01. The van der Waals surface area contributed by atoms with Crippen LogP contribution in [0.5, 0.6) is 0 Å².